The molecule has 0 amide bonds. The van der Waals surface area contributed by atoms with E-state index in [9.17, 15) is 0 Å². The minimum absolute atomic E-state index is 0. The van der Waals surface area contributed by atoms with Gasteiger partial charge in [0.25, 0.3) is 0 Å². The number of hydrogen-bond acceptors (Lipinski definition) is 3. The van der Waals surface area contributed by atoms with Gasteiger partial charge in [-0.15, -0.1) is 18.2 Å². The molecule has 0 aliphatic carbocycles. The number of nitrogens with zero attached hydrogens (tertiary/aromatic N) is 3. The fraction of sp³-hybridized carbons (Fsp3) is 0.176. The molecule has 0 aliphatic rings. The van der Waals surface area contributed by atoms with Crippen LogP contribution in [0, 0.1) is 12.1 Å². The molecule has 0 aliphatic heterocycles. The van der Waals surface area contributed by atoms with Crippen molar-refractivity contribution in [2.45, 2.75) is 56.8 Å². The quantitative estimate of drug-likeness (QED) is 0.118. The molecule has 3 heterocycles. The third kappa shape index (κ3) is 8.22. The van der Waals surface area contributed by atoms with Gasteiger partial charge in [-0.25, -0.2) is 0 Å². The molecule has 1 radical (unpaired) electrons. The van der Waals surface area contributed by atoms with Crippen molar-refractivity contribution in [3.8, 4) is 39.5 Å². The van der Waals surface area contributed by atoms with Gasteiger partial charge in [-0.3, -0.25) is 4.98 Å². The van der Waals surface area contributed by atoms with E-state index in [1.165, 1.54) is 52.5 Å². The summed E-state index contributed by atoms with van der Waals surface area (Å²) in [6.45, 7) is 9.20. The van der Waals surface area contributed by atoms with Gasteiger partial charge < -0.3 is 4.57 Å². The van der Waals surface area contributed by atoms with Crippen molar-refractivity contribution in [1.29, 1.82) is 0 Å². The number of pyridine rings is 1. The van der Waals surface area contributed by atoms with E-state index < -0.39 is 13.3 Å². The molecule has 9 aromatic rings. The molecule has 6 aromatic carbocycles. The van der Waals surface area contributed by atoms with E-state index in [1.807, 2.05) is 41.8 Å². The summed E-state index contributed by atoms with van der Waals surface area (Å²) in [6.07, 6.45) is 2.04. The fourth-order valence-corrected chi connectivity index (χ4v) is 10.8. The fourth-order valence-electron chi connectivity index (χ4n) is 7.44. The minimum atomic E-state index is -1.72. The largest absolute Gasteiger partial charge is 0 e. The SMILES string of the molecule is CC(C)c1cc(-c2ccccc2)cc(C(C)C)c1-n1c(-c2[c-]ccc3c2sc2ccccc23)nc2ccccc21.[CH3][Ge]([CH3])([CH3])[c]1ccc(-c2[c-]cccc2)nc1.[Ir]. The van der Waals surface area contributed by atoms with Crippen LogP contribution in [0.5, 0.6) is 0 Å². The Morgan fingerprint density at radius 2 is 1.33 bits per heavy atom. The first-order chi connectivity index (χ1) is 27.1. The summed E-state index contributed by atoms with van der Waals surface area (Å²) < 4.78 is 6.39. The first-order valence-electron chi connectivity index (χ1n) is 19.6. The van der Waals surface area contributed by atoms with Crippen molar-refractivity contribution in [2.75, 3.05) is 0 Å². The molecule has 3 nitrogen and oxygen atoms in total. The first-order valence-corrected chi connectivity index (χ1v) is 27.7. The summed E-state index contributed by atoms with van der Waals surface area (Å²) >= 11 is 0.117. The standard InChI is InChI=1S/C37H31N2S.C14H16GeN.Ir/c1-23(2)30-21-26(25-13-6-5-7-14-25)22-31(24(3)4)35(30)39-33-19-10-9-18-32(33)38-37(39)29-17-12-16-28-27-15-8-11-20-34(27)40-36(28)29;1-15(2,3)13-9-10-14(16-11-13)12-7-5-4-6-8-12;/h5-16,18-24H,1-4H3;4-7,9-11H,1-3H3;/q2*-1;. The minimum Gasteiger partial charge on any atom is 0 e. The van der Waals surface area contributed by atoms with Crippen LogP contribution in [-0.2, 0) is 20.1 Å². The summed E-state index contributed by atoms with van der Waals surface area (Å²) in [5.74, 6) is 8.75. The van der Waals surface area contributed by atoms with Crippen LogP contribution in [-0.4, -0.2) is 27.8 Å². The third-order valence-corrected chi connectivity index (χ3v) is 15.9. The number of benzene rings is 6. The molecular weight excluding hydrogens is 951 g/mol. The normalized spacial score (nSPS) is 11.6. The third-order valence-electron chi connectivity index (χ3n) is 10.5. The average molecular weight is 999 g/mol. The van der Waals surface area contributed by atoms with Crippen LogP contribution in [0.15, 0.2) is 146 Å². The predicted molar refractivity (Wildman–Crippen MR) is 243 cm³/mol. The van der Waals surface area contributed by atoms with Gasteiger partial charge in [0.2, 0.25) is 0 Å². The Balaban J connectivity index is 0.000000246. The molecule has 9 rings (SSSR count). The molecule has 0 atom stereocenters. The van der Waals surface area contributed by atoms with Gasteiger partial charge in [-0.2, -0.15) is 11.3 Å². The predicted octanol–water partition coefficient (Wildman–Crippen LogP) is 13.9. The molecule has 0 saturated heterocycles. The molecule has 0 unspecified atom stereocenters. The molecule has 0 spiro atoms. The van der Waals surface area contributed by atoms with Crippen molar-refractivity contribution < 1.29 is 20.1 Å². The second-order valence-electron chi connectivity index (χ2n) is 16.1. The van der Waals surface area contributed by atoms with Crippen LogP contribution in [0.3, 0.4) is 0 Å². The summed E-state index contributed by atoms with van der Waals surface area (Å²) in [5, 5.41) is 2.55. The first kappa shape index (κ1) is 40.5. The Hall–Kier alpha value is -4.65. The van der Waals surface area contributed by atoms with Gasteiger partial charge in [-0.1, -0.05) is 99.3 Å². The molecular formula is C51H47GeIrN3S-2. The number of rotatable bonds is 7. The van der Waals surface area contributed by atoms with Gasteiger partial charge in [0.05, 0.1) is 16.9 Å². The summed E-state index contributed by atoms with van der Waals surface area (Å²) in [6, 6.07) is 56.1. The molecule has 287 valence electrons. The number of thiophene rings is 1. The number of hydrogen-bond donors (Lipinski definition) is 0. The Morgan fingerprint density at radius 3 is 2.00 bits per heavy atom. The van der Waals surface area contributed by atoms with Crippen LogP contribution in [0.25, 0.3) is 70.7 Å². The van der Waals surface area contributed by atoms with Crippen molar-refractivity contribution >= 4 is 60.2 Å². The summed E-state index contributed by atoms with van der Waals surface area (Å²) in [7, 11) is 0. The monoisotopic (exact) mass is 1000 g/mol. The molecule has 0 bridgehead atoms. The number of para-hydroxylation sites is 2. The van der Waals surface area contributed by atoms with Gasteiger partial charge in [0.1, 0.15) is 0 Å². The maximum Gasteiger partial charge on any atom is 0 e. The Kier molecular flexibility index (Phi) is 12.1. The van der Waals surface area contributed by atoms with E-state index >= 15 is 0 Å². The van der Waals surface area contributed by atoms with E-state index in [2.05, 4.69) is 182 Å². The van der Waals surface area contributed by atoms with Crippen LogP contribution >= 0.6 is 11.3 Å². The second kappa shape index (κ2) is 17.1. The maximum absolute atomic E-state index is 5.30. The molecule has 0 saturated carbocycles. The average Bonchev–Trinajstić information content (AvgIpc) is 3.80. The Bertz CT molecular complexity index is 2750. The van der Waals surface area contributed by atoms with Gasteiger partial charge in [0.15, 0.2) is 0 Å². The molecule has 57 heavy (non-hydrogen) atoms. The summed E-state index contributed by atoms with van der Waals surface area (Å²) in [4.78, 5) is 9.83. The van der Waals surface area contributed by atoms with Gasteiger partial charge >= 0.3 is 99.8 Å². The van der Waals surface area contributed by atoms with Crippen LogP contribution in [0.4, 0.5) is 0 Å². The number of imidazole rings is 1. The molecule has 0 fully saturated rings. The zero-order valence-corrected chi connectivity index (χ0v) is 38.9. The maximum atomic E-state index is 5.30. The second-order valence-corrected chi connectivity index (χ2v) is 27.8. The van der Waals surface area contributed by atoms with E-state index in [0.717, 1.165) is 33.7 Å². The molecule has 6 heteroatoms. The van der Waals surface area contributed by atoms with Gasteiger partial charge in [0, 0.05) is 30.5 Å². The van der Waals surface area contributed by atoms with Crippen LogP contribution in [0.1, 0.15) is 50.7 Å². The van der Waals surface area contributed by atoms with Crippen LogP contribution in [0.2, 0.25) is 17.3 Å². The van der Waals surface area contributed by atoms with E-state index in [4.69, 9.17) is 4.98 Å². The van der Waals surface area contributed by atoms with Crippen molar-refractivity contribution in [1.82, 2.24) is 14.5 Å². The smallest absolute Gasteiger partial charge is 0 e. The van der Waals surface area contributed by atoms with E-state index in [0.29, 0.717) is 11.8 Å². The van der Waals surface area contributed by atoms with Crippen molar-refractivity contribution in [3.63, 3.8) is 0 Å². The topological polar surface area (TPSA) is 30.7 Å². The van der Waals surface area contributed by atoms with E-state index in [-0.39, 0.29) is 20.1 Å². The zero-order valence-electron chi connectivity index (χ0n) is 33.6. The van der Waals surface area contributed by atoms with Crippen molar-refractivity contribution in [2.24, 2.45) is 0 Å². The number of fused-ring (bicyclic) bond motifs is 4. The molecule has 0 N–H and O–H groups in total. The van der Waals surface area contributed by atoms with Crippen LogP contribution < -0.4 is 4.40 Å². The zero-order chi connectivity index (χ0) is 39.0. The Morgan fingerprint density at radius 1 is 0.649 bits per heavy atom. The van der Waals surface area contributed by atoms with E-state index in [1.54, 1.807) is 0 Å². The van der Waals surface area contributed by atoms with Crippen molar-refractivity contribution in [3.05, 3.63) is 169 Å². The van der Waals surface area contributed by atoms with Gasteiger partial charge in [-0.05, 0) is 74.5 Å². The number of aromatic nitrogens is 3. The summed E-state index contributed by atoms with van der Waals surface area (Å²) in [5.41, 5.74) is 11.7. The Labute approximate surface area is 357 Å². The molecule has 3 aromatic heterocycles.